The number of hydrogen-bond donors (Lipinski definition) is 1. The summed E-state index contributed by atoms with van der Waals surface area (Å²) in [6.07, 6.45) is 0. The number of ether oxygens (including phenoxy) is 2. The molecule has 4 nitrogen and oxygen atoms in total. The van der Waals surface area contributed by atoms with Gasteiger partial charge in [0.1, 0.15) is 11.5 Å². The lowest BCUT2D eigenvalue weighted by Crippen LogP contribution is -2.33. The number of benzene rings is 2. The second-order valence-electron chi connectivity index (χ2n) is 4.50. The minimum absolute atomic E-state index is 0.449. The van der Waals surface area contributed by atoms with Crippen molar-refractivity contribution in [3.05, 3.63) is 60.2 Å². The van der Waals surface area contributed by atoms with E-state index in [4.69, 9.17) is 4.74 Å². The van der Waals surface area contributed by atoms with Crippen molar-refractivity contribution in [3.63, 3.8) is 0 Å². The summed E-state index contributed by atoms with van der Waals surface area (Å²) in [6.45, 7) is 1.39. The quantitative estimate of drug-likeness (QED) is 0.869. The predicted octanol–water partition coefficient (Wildman–Crippen LogP) is 2.86. The Hall–Kier alpha value is -2.33. The highest BCUT2D eigenvalue weighted by Gasteiger charge is 2.33. The minimum atomic E-state index is -1.67. The van der Waals surface area contributed by atoms with Crippen LogP contribution in [0.25, 0.3) is 0 Å². The molecule has 1 unspecified atom stereocenters. The number of methoxy groups -OCH3 is 1. The first-order chi connectivity index (χ1) is 9.54. The molecule has 0 aromatic heterocycles. The van der Waals surface area contributed by atoms with Gasteiger partial charge in [0.05, 0.1) is 7.11 Å². The minimum Gasteiger partial charge on any atom is -0.467 e. The molecule has 0 aliphatic rings. The van der Waals surface area contributed by atoms with Gasteiger partial charge < -0.3 is 14.6 Å². The van der Waals surface area contributed by atoms with Gasteiger partial charge in [-0.25, -0.2) is 4.79 Å². The van der Waals surface area contributed by atoms with Gasteiger partial charge in [0.2, 0.25) is 0 Å². The second-order valence-corrected chi connectivity index (χ2v) is 4.50. The average Bonchev–Trinajstić information content (AvgIpc) is 2.48. The molecule has 0 heterocycles. The van der Waals surface area contributed by atoms with Gasteiger partial charge in [0, 0.05) is 0 Å². The highest BCUT2D eigenvalue weighted by molar-refractivity contribution is 5.80. The standard InChI is InChI=1S/C16H16O4/c1-16(18,15(17)19-2)12-8-10-14(11-9-12)20-13-6-4-3-5-7-13/h3-11,18H,1-2H3. The van der Waals surface area contributed by atoms with Crippen molar-refractivity contribution >= 4 is 5.97 Å². The van der Waals surface area contributed by atoms with Gasteiger partial charge in [0.25, 0.3) is 0 Å². The number of aliphatic hydroxyl groups is 1. The molecule has 0 fully saturated rings. The molecule has 1 N–H and O–H groups in total. The topological polar surface area (TPSA) is 55.8 Å². The zero-order chi connectivity index (χ0) is 14.6. The van der Waals surface area contributed by atoms with Crippen molar-refractivity contribution in [2.75, 3.05) is 7.11 Å². The first kappa shape index (κ1) is 14.1. The Morgan fingerprint density at radius 3 is 2.10 bits per heavy atom. The van der Waals surface area contributed by atoms with Gasteiger partial charge in [-0.1, -0.05) is 30.3 Å². The number of para-hydroxylation sites is 1. The normalized spacial score (nSPS) is 13.3. The second kappa shape index (κ2) is 5.75. The molecule has 2 rings (SSSR count). The van der Waals surface area contributed by atoms with Crippen LogP contribution in [0, 0.1) is 0 Å². The third kappa shape index (κ3) is 2.97. The summed E-state index contributed by atoms with van der Waals surface area (Å²) in [7, 11) is 1.24. The fourth-order valence-electron chi connectivity index (χ4n) is 1.79. The summed E-state index contributed by atoms with van der Waals surface area (Å²) >= 11 is 0. The van der Waals surface area contributed by atoms with Gasteiger partial charge in [-0.3, -0.25) is 0 Å². The maximum absolute atomic E-state index is 11.5. The molecule has 20 heavy (non-hydrogen) atoms. The number of hydrogen-bond acceptors (Lipinski definition) is 4. The zero-order valence-corrected chi connectivity index (χ0v) is 11.4. The van der Waals surface area contributed by atoms with Crippen LogP contribution in [-0.2, 0) is 15.1 Å². The summed E-state index contributed by atoms with van der Waals surface area (Å²) < 4.78 is 10.2. The van der Waals surface area contributed by atoms with Gasteiger partial charge in [-0.2, -0.15) is 0 Å². The van der Waals surface area contributed by atoms with Crippen molar-refractivity contribution in [3.8, 4) is 11.5 Å². The van der Waals surface area contributed by atoms with Crippen LogP contribution < -0.4 is 4.74 Å². The summed E-state index contributed by atoms with van der Waals surface area (Å²) in [5.41, 5.74) is -1.22. The molecule has 0 aliphatic carbocycles. The number of rotatable bonds is 4. The van der Waals surface area contributed by atoms with Gasteiger partial charge in [-0.05, 0) is 36.8 Å². The third-order valence-corrected chi connectivity index (χ3v) is 2.98. The summed E-state index contributed by atoms with van der Waals surface area (Å²) in [6, 6.07) is 16.0. The molecule has 1 atom stereocenters. The van der Waals surface area contributed by atoms with Crippen LogP contribution in [0.4, 0.5) is 0 Å². The van der Waals surface area contributed by atoms with Gasteiger partial charge in [0.15, 0.2) is 5.60 Å². The van der Waals surface area contributed by atoms with Crippen LogP contribution in [0.2, 0.25) is 0 Å². The van der Waals surface area contributed by atoms with Crippen LogP contribution in [0.15, 0.2) is 54.6 Å². The van der Waals surface area contributed by atoms with Crippen molar-refractivity contribution < 1.29 is 19.4 Å². The summed E-state index contributed by atoms with van der Waals surface area (Å²) in [5.74, 6) is 0.648. The van der Waals surface area contributed by atoms with Crippen molar-refractivity contribution in [2.45, 2.75) is 12.5 Å². The van der Waals surface area contributed by atoms with Gasteiger partial charge >= 0.3 is 5.97 Å². The Bertz CT molecular complexity index is 573. The van der Waals surface area contributed by atoms with E-state index in [0.717, 1.165) is 5.75 Å². The molecule has 0 amide bonds. The lowest BCUT2D eigenvalue weighted by molar-refractivity contribution is -0.161. The molecular formula is C16H16O4. The summed E-state index contributed by atoms with van der Waals surface area (Å²) in [4.78, 5) is 11.5. The first-order valence-corrected chi connectivity index (χ1v) is 6.18. The van der Waals surface area contributed by atoms with E-state index in [-0.39, 0.29) is 0 Å². The fourth-order valence-corrected chi connectivity index (χ4v) is 1.79. The molecule has 0 bridgehead atoms. The van der Waals surface area contributed by atoms with Crippen molar-refractivity contribution in [1.29, 1.82) is 0 Å². The molecule has 4 heteroatoms. The lowest BCUT2D eigenvalue weighted by Gasteiger charge is -2.20. The Kier molecular flexibility index (Phi) is 4.05. The molecule has 104 valence electrons. The SMILES string of the molecule is COC(=O)C(C)(O)c1ccc(Oc2ccccc2)cc1. The number of carbonyl (C=O) groups excluding carboxylic acids is 1. The van der Waals surface area contributed by atoms with Crippen molar-refractivity contribution in [2.24, 2.45) is 0 Å². The van der Waals surface area contributed by atoms with Crippen LogP contribution >= 0.6 is 0 Å². The Morgan fingerprint density at radius 2 is 1.55 bits per heavy atom. The fraction of sp³-hybridized carbons (Fsp3) is 0.188. The van der Waals surface area contributed by atoms with E-state index in [2.05, 4.69) is 4.74 Å². The van der Waals surface area contributed by atoms with Gasteiger partial charge in [-0.15, -0.1) is 0 Å². The maximum Gasteiger partial charge on any atom is 0.342 e. The summed E-state index contributed by atoms with van der Waals surface area (Å²) in [5, 5.41) is 10.1. The molecule has 0 radical (unpaired) electrons. The molecular weight excluding hydrogens is 256 g/mol. The van der Waals surface area contributed by atoms with Crippen LogP contribution in [0.1, 0.15) is 12.5 Å². The van der Waals surface area contributed by atoms with E-state index in [1.54, 1.807) is 24.3 Å². The highest BCUT2D eigenvalue weighted by atomic mass is 16.5. The first-order valence-electron chi connectivity index (χ1n) is 6.18. The molecule has 0 aliphatic heterocycles. The van der Waals surface area contributed by atoms with E-state index in [0.29, 0.717) is 11.3 Å². The van der Waals surface area contributed by atoms with E-state index in [1.807, 2.05) is 30.3 Å². The van der Waals surface area contributed by atoms with E-state index in [9.17, 15) is 9.90 Å². The zero-order valence-electron chi connectivity index (χ0n) is 11.4. The van der Waals surface area contributed by atoms with E-state index in [1.165, 1.54) is 14.0 Å². The molecule has 0 saturated heterocycles. The maximum atomic E-state index is 11.5. The average molecular weight is 272 g/mol. The van der Waals surface area contributed by atoms with Crippen LogP contribution in [0.3, 0.4) is 0 Å². The Labute approximate surface area is 117 Å². The third-order valence-electron chi connectivity index (χ3n) is 2.98. The smallest absolute Gasteiger partial charge is 0.342 e. The molecule has 2 aromatic rings. The van der Waals surface area contributed by atoms with Crippen LogP contribution in [0.5, 0.6) is 11.5 Å². The molecule has 0 saturated carbocycles. The molecule has 0 spiro atoms. The van der Waals surface area contributed by atoms with Crippen LogP contribution in [-0.4, -0.2) is 18.2 Å². The largest absolute Gasteiger partial charge is 0.467 e. The van der Waals surface area contributed by atoms with E-state index >= 15 is 0 Å². The molecule has 2 aromatic carbocycles. The Morgan fingerprint density at radius 1 is 1.00 bits per heavy atom. The highest BCUT2D eigenvalue weighted by Crippen LogP contribution is 2.26. The van der Waals surface area contributed by atoms with Crippen molar-refractivity contribution in [1.82, 2.24) is 0 Å². The number of carbonyl (C=O) groups is 1. The monoisotopic (exact) mass is 272 g/mol. The Balaban J connectivity index is 2.16. The number of esters is 1. The van der Waals surface area contributed by atoms with E-state index < -0.39 is 11.6 Å². The lowest BCUT2D eigenvalue weighted by atomic mass is 9.96. The predicted molar refractivity (Wildman–Crippen MR) is 74.5 cm³/mol.